The maximum absolute atomic E-state index is 12.6. The van der Waals surface area contributed by atoms with Gasteiger partial charge in [0.05, 0.1) is 9.82 Å². The predicted molar refractivity (Wildman–Crippen MR) is 82.7 cm³/mol. The molecule has 0 radical (unpaired) electrons. The number of nitro groups is 1. The van der Waals surface area contributed by atoms with Gasteiger partial charge in [0.2, 0.25) is 9.84 Å². The molecule has 1 fully saturated rings. The Bertz CT molecular complexity index is 711. The molecule has 1 aliphatic rings. The first kappa shape index (κ1) is 18.5. The van der Waals surface area contributed by atoms with Crippen LogP contribution < -0.4 is 5.32 Å². The van der Waals surface area contributed by atoms with E-state index >= 15 is 0 Å². The number of aliphatic hydroxyl groups is 1. The third kappa shape index (κ3) is 3.81. The fourth-order valence-corrected chi connectivity index (χ4v) is 3.74. The Morgan fingerprint density at radius 1 is 1.38 bits per heavy atom. The highest BCUT2D eigenvalue weighted by atomic mass is 32.2. The molecule has 10 heteroatoms. The zero-order chi connectivity index (χ0) is 17.9. The lowest BCUT2D eigenvalue weighted by Crippen LogP contribution is -2.25. The van der Waals surface area contributed by atoms with Crippen molar-refractivity contribution in [2.45, 2.75) is 42.4 Å². The second-order valence-electron chi connectivity index (χ2n) is 5.70. The quantitative estimate of drug-likeness (QED) is 0.568. The highest BCUT2D eigenvalue weighted by molar-refractivity contribution is 7.91. The van der Waals surface area contributed by atoms with Crippen molar-refractivity contribution in [3.05, 3.63) is 28.3 Å². The molecule has 24 heavy (non-hydrogen) atoms. The smallest absolute Gasteiger partial charge is 0.341 e. The number of benzene rings is 1. The van der Waals surface area contributed by atoms with Crippen LogP contribution in [0.5, 0.6) is 0 Å². The summed E-state index contributed by atoms with van der Waals surface area (Å²) < 4.78 is 48.2. The Kier molecular flexibility index (Phi) is 5.70. The minimum atomic E-state index is -4.89. The predicted octanol–water partition coefficient (Wildman–Crippen LogP) is 2.55. The summed E-state index contributed by atoms with van der Waals surface area (Å²) in [5, 5.41) is 23.3. The van der Waals surface area contributed by atoms with Crippen LogP contribution in [-0.4, -0.2) is 36.9 Å². The third-order valence-corrected chi connectivity index (χ3v) is 5.61. The van der Waals surface area contributed by atoms with E-state index < -0.39 is 31.1 Å². The van der Waals surface area contributed by atoms with E-state index in [4.69, 9.17) is 5.11 Å². The molecule has 0 amide bonds. The monoisotopic (exact) mass is 364 g/mol. The number of anilines is 1. The molecule has 2 N–H and O–H groups in total. The van der Waals surface area contributed by atoms with Crippen LogP contribution in [0.3, 0.4) is 0 Å². The second-order valence-corrected chi connectivity index (χ2v) is 7.61. The van der Waals surface area contributed by atoms with Crippen LogP contribution in [0.2, 0.25) is 0 Å². The minimum absolute atomic E-state index is 0.0104. The highest BCUT2D eigenvalue weighted by Gasteiger charge is 2.31. The summed E-state index contributed by atoms with van der Waals surface area (Å²) in [5.74, 6) is -3.49. The molecule has 1 aromatic carbocycles. The van der Waals surface area contributed by atoms with E-state index in [1.54, 1.807) is 0 Å². The second kappa shape index (κ2) is 7.39. The van der Waals surface area contributed by atoms with E-state index in [0.717, 1.165) is 31.4 Å². The topological polar surface area (TPSA) is 110 Å². The molecule has 1 aromatic rings. The van der Waals surface area contributed by atoms with Crippen molar-refractivity contribution in [1.82, 2.24) is 0 Å². The number of nitrogens with zero attached hydrogens (tertiary/aromatic N) is 1. The number of halogens is 2. The Morgan fingerprint density at radius 3 is 2.67 bits per heavy atom. The van der Waals surface area contributed by atoms with Crippen molar-refractivity contribution in [2.75, 3.05) is 11.9 Å². The van der Waals surface area contributed by atoms with Crippen LogP contribution >= 0.6 is 0 Å². The van der Waals surface area contributed by atoms with Gasteiger partial charge in [-0.25, -0.2) is 8.42 Å². The van der Waals surface area contributed by atoms with Gasteiger partial charge in [-0.1, -0.05) is 6.42 Å². The molecule has 2 rings (SSSR count). The number of sulfone groups is 1. The molecule has 1 aliphatic carbocycles. The van der Waals surface area contributed by atoms with Crippen molar-refractivity contribution in [3.63, 3.8) is 0 Å². The molecule has 1 saturated carbocycles. The molecule has 0 bridgehead atoms. The van der Waals surface area contributed by atoms with Gasteiger partial charge >= 0.3 is 5.76 Å². The van der Waals surface area contributed by atoms with Gasteiger partial charge in [0.25, 0.3) is 5.69 Å². The first-order valence-electron chi connectivity index (χ1n) is 7.45. The van der Waals surface area contributed by atoms with Gasteiger partial charge in [0.1, 0.15) is 5.69 Å². The third-order valence-electron chi connectivity index (χ3n) is 4.23. The molecule has 2 unspecified atom stereocenters. The maximum atomic E-state index is 12.6. The van der Waals surface area contributed by atoms with E-state index in [1.165, 1.54) is 0 Å². The summed E-state index contributed by atoms with van der Waals surface area (Å²) in [7, 11) is -4.89. The average molecular weight is 364 g/mol. The summed E-state index contributed by atoms with van der Waals surface area (Å²) in [5.41, 5.74) is -0.477. The lowest BCUT2D eigenvalue weighted by atomic mass is 9.99. The average Bonchev–Trinajstić information content (AvgIpc) is 2.94. The van der Waals surface area contributed by atoms with Gasteiger partial charge in [-0.3, -0.25) is 10.1 Å². The first-order valence-corrected chi connectivity index (χ1v) is 9.00. The lowest BCUT2D eigenvalue weighted by Gasteiger charge is -2.21. The van der Waals surface area contributed by atoms with Crippen molar-refractivity contribution >= 4 is 21.2 Å². The van der Waals surface area contributed by atoms with Crippen LogP contribution in [0, 0.1) is 16.0 Å². The van der Waals surface area contributed by atoms with E-state index in [2.05, 4.69) is 5.32 Å². The molecule has 2 atom stereocenters. The molecule has 0 spiro atoms. The summed E-state index contributed by atoms with van der Waals surface area (Å²) >= 11 is 0. The van der Waals surface area contributed by atoms with Crippen molar-refractivity contribution < 1.29 is 27.2 Å². The number of hydrogen-bond acceptors (Lipinski definition) is 6. The molecule has 0 aliphatic heterocycles. The van der Waals surface area contributed by atoms with Crippen LogP contribution in [0.15, 0.2) is 23.1 Å². The van der Waals surface area contributed by atoms with Crippen LogP contribution in [0.25, 0.3) is 0 Å². The van der Waals surface area contributed by atoms with Gasteiger partial charge in [0, 0.05) is 18.7 Å². The SMILES string of the molecule is O=[N+]([O-])c1cc(S(=O)(=O)C(F)F)ccc1NC1CCCC1CCO. The Labute approximate surface area is 137 Å². The van der Waals surface area contributed by atoms with Crippen LogP contribution in [-0.2, 0) is 9.84 Å². The fraction of sp³-hybridized carbons (Fsp3) is 0.571. The number of alkyl halides is 2. The van der Waals surface area contributed by atoms with E-state index in [1.807, 2.05) is 0 Å². The van der Waals surface area contributed by atoms with E-state index in [0.29, 0.717) is 12.5 Å². The molecule has 134 valence electrons. The summed E-state index contributed by atoms with van der Waals surface area (Å²) in [6, 6.07) is 2.64. The molecule has 0 heterocycles. The summed E-state index contributed by atoms with van der Waals surface area (Å²) in [6.45, 7) is 0.0104. The standard InChI is InChI=1S/C14H18F2N2O5S/c15-14(16)24(22,23)10-4-5-12(13(8-10)18(20)21)17-11-3-1-2-9(11)6-7-19/h4-5,8-9,11,14,17,19H,1-3,6-7H2. The Balaban J connectivity index is 2.32. The van der Waals surface area contributed by atoms with E-state index in [-0.39, 0.29) is 24.3 Å². The van der Waals surface area contributed by atoms with Gasteiger partial charge in [-0.05, 0) is 37.3 Å². The minimum Gasteiger partial charge on any atom is -0.396 e. The number of nitrogens with one attached hydrogen (secondary N) is 1. The zero-order valence-electron chi connectivity index (χ0n) is 12.7. The Morgan fingerprint density at radius 2 is 2.08 bits per heavy atom. The van der Waals surface area contributed by atoms with Crippen LogP contribution in [0.1, 0.15) is 25.7 Å². The first-order chi connectivity index (χ1) is 11.3. The van der Waals surface area contributed by atoms with E-state index in [9.17, 15) is 27.3 Å². The van der Waals surface area contributed by atoms with Gasteiger partial charge in [-0.15, -0.1) is 0 Å². The highest BCUT2D eigenvalue weighted by Crippen LogP contribution is 2.35. The fourth-order valence-electron chi connectivity index (χ4n) is 3.00. The van der Waals surface area contributed by atoms with Crippen molar-refractivity contribution in [1.29, 1.82) is 0 Å². The van der Waals surface area contributed by atoms with Gasteiger partial charge in [-0.2, -0.15) is 8.78 Å². The molecule has 0 saturated heterocycles. The van der Waals surface area contributed by atoms with Gasteiger partial charge in [0.15, 0.2) is 0 Å². The van der Waals surface area contributed by atoms with Crippen LogP contribution in [0.4, 0.5) is 20.2 Å². The number of nitro benzene ring substituents is 1. The Hall–Kier alpha value is -1.81. The normalized spacial score (nSPS) is 21.2. The summed E-state index contributed by atoms with van der Waals surface area (Å²) in [4.78, 5) is 9.61. The van der Waals surface area contributed by atoms with Crippen molar-refractivity contribution in [2.24, 2.45) is 5.92 Å². The molecule has 0 aromatic heterocycles. The number of aliphatic hydroxyl groups excluding tert-OH is 1. The number of rotatable bonds is 7. The van der Waals surface area contributed by atoms with Gasteiger partial charge < -0.3 is 10.4 Å². The number of hydrogen-bond donors (Lipinski definition) is 2. The van der Waals surface area contributed by atoms with Crippen molar-refractivity contribution in [3.8, 4) is 0 Å². The molecule has 7 nitrogen and oxygen atoms in total. The largest absolute Gasteiger partial charge is 0.396 e. The maximum Gasteiger partial charge on any atom is 0.341 e. The zero-order valence-corrected chi connectivity index (χ0v) is 13.5. The lowest BCUT2D eigenvalue weighted by molar-refractivity contribution is -0.384. The summed E-state index contributed by atoms with van der Waals surface area (Å²) in [6.07, 6.45) is 3.11. The molecular weight excluding hydrogens is 346 g/mol. The molecular formula is C14H18F2N2O5S.